The molecule has 0 amide bonds. The number of H-pyrrole nitrogens is 1. The van der Waals surface area contributed by atoms with E-state index < -0.39 is 78.0 Å². The van der Waals surface area contributed by atoms with E-state index in [9.17, 15) is 28.8 Å². The highest BCUT2D eigenvalue weighted by Gasteiger charge is 2.52. The molecule has 2 N–H and O–H groups in total. The molecular weight excluding hydrogens is 486 g/mol. The van der Waals surface area contributed by atoms with Gasteiger partial charge in [0.2, 0.25) is 0 Å². The Labute approximate surface area is 204 Å². The zero-order valence-corrected chi connectivity index (χ0v) is 20.4. The number of ether oxygens (including phenoxy) is 6. The molecule has 1 aliphatic heterocycles. The smallest absolute Gasteiger partial charge is 0.303 e. The second-order valence-corrected chi connectivity index (χ2v) is 7.62. The summed E-state index contributed by atoms with van der Waals surface area (Å²) in [5.41, 5.74) is -1.23. The van der Waals surface area contributed by atoms with Gasteiger partial charge in [-0.15, -0.1) is 0 Å². The van der Waals surface area contributed by atoms with E-state index in [0.29, 0.717) is 0 Å². The molecule has 198 valence electrons. The van der Waals surface area contributed by atoms with Gasteiger partial charge in [-0.1, -0.05) is 0 Å². The number of ketones is 1. The Kier molecular flexibility index (Phi) is 9.49. The second kappa shape index (κ2) is 12.1. The van der Waals surface area contributed by atoms with Crippen molar-refractivity contribution in [2.24, 2.45) is 0 Å². The molecule has 5 atom stereocenters. The van der Waals surface area contributed by atoms with E-state index in [1.807, 2.05) is 0 Å². The number of Topliss-reactive ketones (excluding diaryl/α,β-unsaturated/α-hetero) is 1. The normalized spacial score (nSPS) is 23.1. The summed E-state index contributed by atoms with van der Waals surface area (Å²) in [6.45, 7) is 5.04. The SMILES string of the molecule is COc1nc(N[C@@H]2O[C@H](COC(C)=O)[C@@H](OC(C)=O)[C@H](OC(C)=O)[C@H]2OC(C)=O)c(C(C)=O)c(=O)[nH]1. The highest BCUT2D eigenvalue weighted by atomic mass is 16.7. The molecule has 0 saturated carbocycles. The lowest BCUT2D eigenvalue weighted by Crippen LogP contribution is -2.64. The molecule has 36 heavy (non-hydrogen) atoms. The van der Waals surface area contributed by atoms with Crippen LogP contribution >= 0.6 is 0 Å². The van der Waals surface area contributed by atoms with Crippen molar-refractivity contribution in [1.82, 2.24) is 9.97 Å². The van der Waals surface area contributed by atoms with Crippen molar-refractivity contribution in [2.45, 2.75) is 65.3 Å². The molecule has 1 saturated heterocycles. The van der Waals surface area contributed by atoms with Gasteiger partial charge in [0, 0.05) is 27.7 Å². The van der Waals surface area contributed by atoms with E-state index in [1.54, 1.807) is 0 Å². The molecule has 15 nitrogen and oxygen atoms in total. The molecule has 15 heteroatoms. The lowest BCUT2D eigenvalue weighted by atomic mass is 9.97. The number of hydrogen-bond donors (Lipinski definition) is 2. The second-order valence-electron chi connectivity index (χ2n) is 7.62. The fourth-order valence-corrected chi connectivity index (χ4v) is 3.46. The zero-order chi connectivity index (χ0) is 27.2. The van der Waals surface area contributed by atoms with Crippen molar-refractivity contribution in [3.8, 4) is 6.01 Å². The number of esters is 4. The van der Waals surface area contributed by atoms with Crippen LogP contribution in [0.4, 0.5) is 5.82 Å². The lowest BCUT2D eigenvalue weighted by Gasteiger charge is -2.44. The summed E-state index contributed by atoms with van der Waals surface area (Å²) in [6, 6.07) is -0.252. The van der Waals surface area contributed by atoms with Crippen molar-refractivity contribution >= 4 is 35.5 Å². The van der Waals surface area contributed by atoms with Crippen LogP contribution in [0.15, 0.2) is 4.79 Å². The topological polar surface area (TPSA) is 199 Å². The monoisotopic (exact) mass is 513 g/mol. The van der Waals surface area contributed by atoms with Crippen LogP contribution in [0.3, 0.4) is 0 Å². The Bertz CT molecular complexity index is 1080. The van der Waals surface area contributed by atoms with E-state index in [1.165, 1.54) is 7.11 Å². The lowest BCUT2D eigenvalue weighted by molar-refractivity contribution is -0.247. The Balaban J connectivity index is 2.63. The minimum Gasteiger partial charge on any atom is -0.468 e. The van der Waals surface area contributed by atoms with E-state index in [0.717, 1.165) is 34.6 Å². The Morgan fingerprint density at radius 1 is 0.889 bits per heavy atom. The van der Waals surface area contributed by atoms with Gasteiger partial charge < -0.3 is 33.7 Å². The van der Waals surface area contributed by atoms with Crippen molar-refractivity contribution in [1.29, 1.82) is 0 Å². The molecule has 2 heterocycles. The number of nitrogens with one attached hydrogen (secondary N) is 2. The average Bonchev–Trinajstić information content (AvgIpc) is 2.74. The molecule has 0 bridgehead atoms. The third kappa shape index (κ3) is 7.24. The van der Waals surface area contributed by atoms with Gasteiger partial charge >= 0.3 is 23.9 Å². The van der Waals surface area contributed by atoms with Crippen molar-refractivity contribution in [3.05, 3.63) is 15.9 Å². The number of carbonyl (C=O) groups is 5. The quantitative estimate of drug-likeness (QED) is 0.243. The predicted molar refractivity (Wildman–Crippen MR) is 117 cm³/mol. The number of methoxy groups -OCH3 is 1. The largest absolute Gasteiger partial charge is 0.468 e. The maximum Gasteiger partial charge on any atom is 0.303 e. The molecular formula is C21H27N3O12. The predicted octanol–water partition coefficient (Wildman–Crippen LogP) is -0.524. The minimum atomic E-state index is -1.48. The van der Waals surface area contributed by atoms with Crippen LogP contribution in [-0.4, -0.2) is 84.0 Å². The number of hydrogen-bond acceptors (Lipinski definition) is 14. The molecule has 0 unspecified atom stereocenters. The first-order valence-electron chi connectivity index (χ1n) is 10.6. The maximum absolute atomic E-state index is 12.4. The van der Waals surface area contributed by atoms with Gasteiger partial charge in [-0.25, -0.2) is 0 Å². The Morgan fingerprint density at radius 2 is 1.44 bits per heavy atom. The van der Waals surface area contributed by atoms with E-state index in [4.69, 9.17) is 28.4 Å². The standard InChI is InChI=1S/C21H27N3O12/c1-8(25)14-18(23-21(31-6)24-19(14)30)22-20-17(35-12(5)29)16(34-11(4)28)15(33-10(3)27)13(36-20)7-32-9(2)26/h13,15-17,20H,7H2,1-6H3,(H2,22,23,24,30)/t13-,15-,16+,17-,20-/m1/s1. The highest BCUT2D eigenvalue weighted by Crippen LogP contribution is 2.30. The molecule has 2 rings (SSSR count). The number of nitrogens with zero attached hydrogens (tertiary/aromatic N) is 1. The van der Waals surface area contributed by atoms with Crippen LogP contribution < -0.4 is 15.6 Å². The van der Waals surface area contributed by atoms with Crippen LogP contribution in [0.5, 0.6) is 6.01 Å². The molecule has 1 aliphatic rings. The Hall–Kier alpha value is -4.01. The molecule has 1 aromatic rings. The van der Waals surface area contributed by atoms with Gasteiger partial charge in [-0.2, -0.15) is 4.98 Å². The van der Waals surface area contributed by atoms with Crippen LogP contribution in [-0.2, 0) is 42.9 Å². The van der Waals surface area contributed by atoms with Crippen molar-refractivity contribution < 1.29 is 52.4 Å². The summed E-state index contributed by atoms with van der Waals surface area (Å²) < 4.78 is 31.8. The number of anilines is 1. The van der Waals surface area contributed by atoms with Crippen LogP contribution in [0, 0.1) is 0 Å². The van der Waals surface area contributed by atoms with Gasteiger partial charge in [-0.05, 0) is 6.92 Å². The fraction of sp³-hybridized carbons (Fsp3) is 0.571. The summed E-state index contributed by atoms with van der Waals surface area (Å²) in [7, 11) is 1.23. The molecule has 0 aromatic carbocycles. The molecule has 0 radical (unpaired) electrons. The number of rotatable bonds is 9. The first-order chi connectivity index (χ1) is 16.8. The van der Waals surface area contributed by atoms with E-state index >= 15 is 0 Å². The summed E-state index contributed by atoms with van der Waals surface area (Å²) in [5.74, 6) is -4.09. The molecule has 1 aromatic heterocycles. The fourth-order valence-electron chi connectivity index (χ4n) is 3.46. The van der Waals surface area contributed by atoms with Crippen molar-refractivity contribution in [2.75, 3.05) is 19.0 Å². The summed E-state index contributed by atoms with van der Waals surface area (Å²) in [6.07, 6.45) is -6.98. The average molecular weight is 513 g/mol. The highest BCUT2D eigenvalue weighted by molar-refractivity contribution is 5.98. The van der Waals surface area contributed by atoms with Gasteiger partial charge in [0.25, 0.3) is 11.6 Å². The van der Waals surface area contributed by atoms with Gasteiger partial charge in [0.05, 0.1) is 7.11 Å². The zero-order valence-electron chi connectivity index (χ0n) is 20.4. The minimum absolute atomic E-state index is 0.252. The van der Waals surface area contributed by atoms with Crippen LogP contribution in [0.2, 0.25) is 0 Å². The van der Waals surface area contributed by atoms with Gasteiger partial charge in [0.15, 0.2) is 30.3 Å². The first-order valence-corrected chi connectivity index (χ1v) is 10.6. The molecule has 0 aliphatic carbocycles. The Morgan fingerprint density at radius 3 is 1.94 bits per heavy atom. The van der Waals surface area contributed by atoms with Crippen LogP contribution in [0.25, 0.3) is 0 Å². The number of aromatic nitrogens is 2. The number of aromatic amines is 1. The first kappa shape index (κ1) is 28.2. The maximum atomic E-state index is 12.4. The van der Waals surface area contributed by atoms with Crippen molar-refractivity contribution in [3.63, 3.8) is 0 Å². The molecule has 0 spiro atoms. The van der Waals surface area contributed by atoms with E-state index in [-0.39, 0.29) is 11.8 Å². The summed E-state index contributed by atoms with van der Waals surface area (Å²) in [4.78, 5) is 78.0. The third-order valence-corrected chi connectivity index (χ3v) is 4.71. The van der Waals surface area contributed by atoms with E-state index in [2.05, 4.69) is 15.3 Å². The third-order valence-electron chi connectivity index (χ3n) is 4.71. The van der Waals surface area contributed by atoms with Gasteiger partial charge in [-0.3, -0.25) is 33.8 Å². The van der Waals surface area contributed by atoms with Crippen LogP contribution in [0.1, 0.15) is 45.0 Å². The molecule has 1 fully saturated rings. The van der Waals surface area contributed by atoms with Gasteiger partial charge in [0.1, 0.15) is 24.1 Å². The summed E-state index contributed by atoms with van der Waals surface area (Å²) >= 11 is 0. The number of carbonyl (C=O) groups excluding carboxylic acids is 5. The summed E-state index contributed by atoms with van der Waals surface area (Å²) in [5, 5.41) is 2.69.